The zero-order valence-corrected chi connectivity index (χ0v) is 12.8. The van der Waals surface area contributed by atoms with Crippen LogP contribution >= 0.6 is 11.6 Å². The Labute approximate surface area is 128 Å². The fraction of sp³-hybridized carbons (Fsp3) is 0.385. The number of pyridine rings is 1. The van der Waals surface area contributed by atoms with E-state index in [1.807, 2.05) is 0 Å². The largest absolute Gasteiger partial charge is 0.473 e. The summed E-state index contributed by atoms with van der Waals surface area (Å²) in [5.41, 5.74) is 0.0162. The molecule has 1 N–H and O–H groups in total. The van der Waals surface area contributed by atoms with Gasteiger partial charge in [0.15, 0.2) is 15.5 Å². The predicted molar refractivity (Wildman–Crippen MR) is 79.5 cm³/mol. The second-order valence-corrected chi connectivity index (χ2v) is 7.29. The van der Waals surface area contributed by atoms with Crippen LogP contribution in [0, 0.1) is 0 Å². The van der Waals surface area contributed by atoms with Crippen molar-refractivity contribution in [3.8, 4) is 5.88 Å². The molecule has 0 bridgehead atoms. The van der Waals surface area contributed by atoms with E-state index in [1.54, 1.807) is 12.1 Å². The highest BCUT2D eigenvalue weighted by Crippen LogP contribution is 2.19. The number of rotatable bonds is 5. The van der Waals surface area contributed by atoms with Crippen molar-refractivity contribution in [1.82, 2.24) is 10.3 Å². The predicted octanol–water partition coefficient (Wildman–Crippen LogP) is 1.22. The monoisotopic (exact) mass is 330 g/mol. The van der Waals surface area contributed by atoms with Crippen LogP contribution in [0.3, 0.4) is 0 Å². The molecule has 1 amide bonds. The van der Waals surface area contributed by atoms with Crippen molar-refractivity contribution in [2.75, 3.05) is 18.1 Å². The van der Waals surface area contributed by atoms with Crippen LogP contribution < -0.4 is 10.1 Å². The molecule has 0 aliphatic carbocycles. The van der Waals surface area contributed by atoms with Gasteiger partial charge in [0, 0.05) is 12.1 Å². The summed E-state index contributed by atoms with van der Waals surface area (Å²) in [6.07, 6.45) is 1.96. The second kappa shape index (κ2) is 6.44. The molecule has 1 aromatic heterocycles. The molecule has 8 heteroatoms. The molecule has 2 heterocycles. The lowest BCUT2D eigenvalue weighted by Gasteiger charge is -2.12. The first-order valence-electron chi connectivity index (χ1n) is 6.33. The summed E-state index contributed by atoms with van der Waals surface area (Å²) in [4.78, 5) is 16.2. The van der Waals surface area contributed by atoms with Crippen molar-refractivity contribution in [1.29, 1.82) is 0 Å². The first kappa shape index (κ1) is 15.8. The van der Waals surface area contributed by atoms with Crippen molar-refractivity contribution >= 4 is 27.3 Å². The minimum atomic E-state index is -3.06. The Kier molecular flexibility index (Phi) is 4.84. The first-order valence-corrected chi connectivity index (χ1v) is 8.53. The van der Waals surface area contributed by atoms with Crippen LogP contribution in [-0.2, 0) is 9.84 Å². The van der Waals surface area contributed by atoms with Gasteiger partial charge in [-0.1, -0.05) is 24.3 Å². The smallest absolute Gasteiger partial charge is 0.271 e. The van der Waals surface area contributed by atoms with Crippen LogP contribution in [0.4, 0.5) is 0 Å². The minimum Gasteiger partial charge on any atom is -0.473 e. The molecular formula is C13H15ClN2O4S. The number of sulfone groups is 1. The van der Waals surface area contributed by atoms with Gasteiger partial charge in [0.05, 0.1) is 16.5 Å². The van der Waals surface area contributed by atoms with E-state index in [2.05, 4.69) is 16.9 Å². The molecule has 1 fully saturated rings. The Hall–Kier alpha value is -1.60. The number of carbonyl (C=O) groups is 1. The SMILES string of the molecule is C=CCOc1ccc(Cl)c(C(=O)N[C@@H]2CCS(=O)(=O)C2)n1. The van der Waals surface area contributed by atoms with E-state index < -0.39 is 21.8 Å². The molecule has 0 spiro atoms. The number of ether oxygens (including phenoxy) is 1. The molecule has 1 atom stereocenters. The lowest BCUT2D eigenvalue weighted by molar-refractivity contribution is 0.0935. The van der Waals surface area contributed by atoms with Crippen molar-refractivity contribution in [2.24, 2.45) is 0 Å². The Morgan fingerprint density at radius 3 is 2.95 bits per heavy atom. The summed E-state index contributed by atoms with van der Waals surface area (Å²) in [6, 6.07) is 2.65. The van der Waals surface area contributed by atoms with Crippen molar-refractivity contribution in [3.63, 3.8) is 0 Å². The molecule has 0 saturated carbocycles. The zero-order valence-electron chi connectivity index (χ0n) is 11.2. The maximum absolute atomic E-state index is 12.1. The first-order chi connectivity index (χ1) is 9.91. The second-order valence-electron chi connectivity index (χ2n) is 4.65. The molecule has 1 aliphatic rings. The van der Waals surface area contributed by atoms with Crippen LogP contribution in [-0.4, -0.2) is 43.5 Å². The number of nitrogens with one attached hydrogen (secondary N) is 1. The number of hydrogen-bond donors (Lipinski definition) is 1. The molecular weight excluding hydrogens is 316 g/mol. The van der Waals surface area contributed by atoms with Gasteiger partial charge >= 0.3 is 0 Å². The lowest BCUT2D eigenvalue weighted by Crippen LogP contribution is -2.36. The van der Waals surface area contributed by atoms with Gasteiger partial charge < -0.3 is 10.1 Å². The molecule has 21 heavy (non-hydrogen) atoms. The van der Waals surface area contributed by atoms with Crippen LogP contribution in [0.15, 0.2) is 24.8 Å². The van der Waals surface area contributed by atoms with E-state index in [0.717, 1.165) is 0 Å². The van der Waals surface area contributed by atoms with E-state index >= 15 is 0 Å². The third-order valence-corrected chi connectivity index (χ3v) is 5.03. The van der Waals surface area contributed by atoms with Crippen molar-refractivity contribution in [2.45, 2.75) is 12.5 Å². The normalized spacial score (nSPS) is 20.0. The third-order valence-electron chi connectivity index (χ3n) is 2.95. The Bertz CT molecular complexity index is 660. The average molecular weight is 331 g/mol. The van der Waals surface area contributed by atoms with E-state index in [0.29, 0.717) is 6.42 Å². The van der Waals surface area contributed by atoms with Gasteiger partial charge in [-0.15, -0.1) is 0 Å². The summed E-state index contributed by atoms with van der Waals surface area (Å²) in [5.74, 6) is -0.223. The molecule has 0 radical (unpaired) electrons. The summed E-state index contributed by atoms with van der Waals surface area (Å²) in [7, 11) is -3.06. The third kappa shape index (κ3) is 4.18. The summed E-state index contributed by atoms with van der Waals surface area (Å²) < 4.78 is 28.0. The fourth-order valence-corrected chi connectivity index (χ4v) is 3.84. The van der Waals surface area contributed by atoms with Gasteiger partial charge in [0.1, 0.15) is 6.61 Å². The molecule has 1 aromatic rings. The van der Waals surface area contributed by atoms with Gasteiger partial charge in [-0.3, -0.25) is 4.79 Å². The van der Waals surface area contributed by atoms with E-state index in [1.165, 1.54) is 6.07 Å². The van der Waals surface area contributed by atoms with E-state index in [4.69, 9.17) is 16.3 Å². The molecule has 0 unspecified atom stereocenters. The molecule has 1 aliphatic heterocycles. The number of amides is 1. The summed E-state index contributed by atoms with van der Waals surface area (Å²) >= 11 is 5.95. The highest BCUT2D eigenvalue weighted by atomic mass is 35.5. The zero-order chi connectivity index (χ0) is 15.5. The summed E-state index contributed by atoms with van der Waals surface area (Å²) in [5, 5.41) is 2.81. The van der Waals surface area contributed by atoms with E-state index in [-0.39, 0.29) is 34.7 Å². The maximum atomic E-state index is 12.1. The highest BCUT2D eigenvalue weighted by molar-refractivity contribution is 7.91. The quantitative estimate of drug-likeness (QED) is 0.820. The number of aromatic nitrogens is 1. The number of nitrogens with zero attached hydrogens (tertiary/aromatic N) is 1. The number of hydrogen-bond acceptors (Lipinski definition) is 5. The summed E-state index contributed by atoms with van der Waals surface area (Å²) in [6.45, 7) is 3.78. The number of carbonyl (C=O) groups excluding carboxylic acids is 1. The molecule has 114 valence electrons. The average Bonchev–Trinajstić information content (AvgIpc) is 2.76. The van der Waals surface area contributed by atoms with Gasteiger partial charge in [-0.05, 0) is 12.5 Å². The van der Waals surface area contributed by atoms with Gasteiger partial charge in [0.2, 0.25) is 5.88 Å². The Balaban J connectivity index is 2.09. The molecule has 2 rings (SSSR count). The van der Waals surface area contributed by atoms with E-state index in [9.17, 15) is 13.2 Å². The van der Waals surface area contributed by atoms with Gasteiger partial charge in [-0.25, -0.2) is 13.4 Å². The topological polar surface area (TPSA) is 85.4 Å². The van der Waals surface area contributed by atoms with Crippen LogP contribution in [0.1, 0.15) is 16.9 Å². The number of halogens is 1. The van der Waals surface area contributed by atoms with Crippen LogP contribution in [0.2, 0.25) is 5.02 Å². The lowest BCUT2D eigenvalue weighted by atomic mass is 10.2. The maximum Gasteiger partial charge on any atom is 0.271 e. The molecule has 6 nitrogen and oxygen atoms in total. The highest BCUT2D eigenvalue weighted by Gasteiger charge is 2.29. The molecule has 1 saturated heterocycles. The van der Waals surface area contributed by atoms with Gasteiger partial charge in [0.25, 0.3) is 5.91 Å². The fourth-order valence-electron chi connectivity index (χ4n) is 1.97. The standard InChI is InChI=1S/C13H15ClN2O4S/c1-2-6-20-11-4-3-10(14)12(16-11)13(17)15-9-5-7-21(18,19)8-9/h2-4,9H,1,5-8H2,(H,15,17)/t9-/m1/s1. The Morgan fingerprint density at radius 2 is 2.33 bits per heavy atom. The molecule has 0 aromatic carbocycles. The van der Waals surface area contributed by atoms with Crippen LogP contribution in [0.5, 0.6) is 5.88 Å². The van der Waals surface area contributed by atoms with Crippen molar-refractivity contribution < 1.29 is 17.9 Å². The van der Waals surface area contributed by atoms with Gasteiger partial charge in [-0.2, -0.15) is 0 Å². The van der Waals surface area contributed by atoms with Crippen molar-refractivity contribution in [3.05, 3.63) is 35.5 Å². The minimum absolute atomic E-state index is 0.0162. The van der Waals surface area contributed by atoms with Crippen LogP contribution in [0.25, 0.3) is 0 Å². The Morgan fingerprint density at radius 1 is 1.57 bits per heavy atom.